The fourth-order valence-corrected chi connectivity index (χ4v) is 2.78. The summed E-state index contributed by atoms with van der Waals surface area (Å²) in [4.78, 5) is 2.50. The molecule has 0 radical (unpaired) electrons. The smallest absolute Gasteiger partial charge is 0.123 e. The Kier molecular flexibility index (Phi) is 7.91. The zero-order valence-electron chi connectivity index (χ0n) is 14.0. The van der Waals surface area contributed by atoms with Crippen molar-refractivity contribution in [3.05, 3.63) is 35.6 Å². The highest BCUT2D eigenvalue weighted by Crippen LogP contribution is 2.28. The Morgan fingerprint density at radius 1 is 1.10 bits per heavy atom. The molecule has 0 amide bonds. The van der Waals surface area contributed by atoms with E-state index in [1.807, 2.05) is 12.1 Å². The van der Waals surface area contributed by atoms with Crippen LogP contribution in [0.3, 0.4) is 0 Å². The minimum absolute atomic E-state index is 0.0707. The minimum atomic E-state index is -0.189. The molecule has 0 aliphatic carbocycles. The molecule has 0 bridgehead atoms. The number of hydrogen-bond donors (Lipinski definition) is 1. The second-order valence-electron chi connectivity index (χ2n) is 5.92. The Hall–Kier alpha value is -0.930. The molecule has 0 aromatic heterocycles. The van der Waals surface area contributed by atoms with Gasteiger partial charge in [-0.05, 0) is 50.4 Å². The molecule has 3 unspecified atom stereocenters. The molecule has 120 valence electrons. The number of unbranched alkanes of at least 4 members (excludes halogenated alkanes) is 1. The first-order valence-electron chi connectivity index (χ1n) is 8.31. The van der Waals surface area contributed by atoms with Crippen molar-refractivity contribution in [2.24, 2.45) is 5.73 Å². The quantitative estimate of drug-likeness (QED) is 0.726. The molecule has 2 nitrogen and oxygen atoms in total. The SMILES string of the molecule is CCCCN(C(C)CC)C(c1ccc(F)cc1)C(N)CC. The molecule has 0 spiro atoms. The fraction of sp³-hybridized carbons (Fsp3) is 0.667. The molecule has 0 fully saturated rings. The lowest BCUT2D eigenvalue weighted by Crippen LogP contribution is -2.45. The first-order chi connectivity index (χ1) is 10.0. The summed E-state index contributed by atoms with van der Waals surface area (Å²) in [6, 6.07) is 7.56. The minimum Gasteiger partial charge on any atom is -0.326 e. The van der Waals surface area contributed by atoms with E-state index in [-0.39, 0.29) is 17.9 Å². The highest BCUT2D eigenvalue weighted by atomic mass is 19.1. The number of nitrogens with two attached hydrogens (primary N) is 1. The van der Waals surface area contributed by atoms with Crippen LogP contribution in [0.4, 0.5) is 4.39 Å². The monoisotopic (exact) mass is 294 g/mol. The van der Waals surface area contributed by atoms with Gasteiger partial charge in [0.25, 0.3) is 0 Å². The van der Waals surface area contributed by atoms with Gasteiger partial charge in [0, 0.05) is 12.1 Å². The summed E-state index contributed by atoms with van der Waals surface area (Å²) in [5, 5.41) is 0. The van der Waals surface area contributed by atoms with E-state index in [0.29, 0.717) is 6.04 Å². The van der Waals surface area contributed by atoms with E-state index in [2.05, 4.69) is 32.6 Å². The Labute approximate surface area is 129 Å². The lowest BCUT2D eigenvalue weighted by molar-refractivity contribution is 0.116. The van der Waals surface area contributed by atoms with E-state index in [1.165, 1.54) is 12.8 Å². The molecule has 1 rings (SSSR count). The van der Waals surface area contributed by atoms with Gasteiger partial charge in [0.15, 0.2) is 0 Å². The van der Waals surface area contributed by atoms with Crippen molar-refractivity contribution in [1.29, 1.82) is 0 Å². The van der Waals surface area contributed by atoms with E-state index in [1.54, 1.807) is 12.1 Å². The van der Waals surface area contributed by atoms with Crippen molar-refractivity contribution in [3.8, 4) is 0 Å². The Bertz CT molecular complexity index is 391. The third-order valence-electron chi connectivity index (χ3n) is 4.37. The summed E-state index contributed by atoms with van der Waals surface area (Å²) in [6.07, 6.45) is 4.35. The maximum Gasteiger partial charge on any atom is 0.123 e. The molecule has 3 heteroatoms. The van der Waals surface area contributed by atoms with Crippen LogP contribution in [-0.2, 0) is 0 Å². The van der Waals surface area contributed by atoms with Crippen LogP contribution in [-0.4, -0.2) is 23.5 Å². The van der Waals surface area contributed by atoms with Crippen molar-refractivity contribution in [3.63, 3.8) is 0 Å². The molecule has 0 saturated heterocycles. The highest BCUT2D eigenvalue weighted by molar-refractivity contribution is 5.22. The lowest BCUT2D eigenvalue weighted by Gasteiger charge is -2.39. The molecule has 0 heterocycles. The van der Waals surface area contributed by atoms with Crippen LogP contribution in [0.5, 0.6) is 0 Å². The van der Waals surface area contributed by atoms with Gasteiger partial charge in [-0.15, -0.1) is 0 Å². The zero-order valence-corrected chi connectivity index (χ0v) is 14.0. The largest absolute Gasteiger partial charge is 0.326 e. The van der Waals surface area contributed by atoms with Gasteiger partial charge < -0.3 is 5.73 Å². The molecule has 2 N–H and O–H groups in total. The van der Waals surface area contributed by atoms with E-state index >= 15 is 0 Å². The first kappa shape index (κ1) is 18.1. The Morgan fingerprint density at radius 2 is 1.71 bits per heavy atom. The van der Waals surface area contributed by atoms with Crippen LogP contribution in [0, 0.1) is 5.82 Å². The summed E-state index contributed by atoms with van der Waals surface area (Å²) in [7, 11) is 0. The van der Waals surface area contributed by atoms with Crippen LogP contribution in [0.2, 0.25) is 0 Å². The molecule has 1 aromatic rings. The summed E-state index contributed by atoms with van der Waals surface area (Å²) < 4.78 is 13.2. The van der Waals surface area contributed by atoms with Gasteiger partial charge in [-0.25, -0.2) is 4.39 Å². The van der Waals surface area contributed by atoms with Crippen LogP contribution in [0.1, 0.15) is 65.0 Å². The maximum absolute atomic E-state index is 13.2. The van der Waals surface area contributed by atoms with Crippen molar-refractivity contribution in [2.75, 3.05) is 6.54 Å². The van der Waals surface area contributed by atoms with Crippen molar-refractivity contribution in [1.82, 2.24) is 4.90 Å². The summed E-state index contributed by atoms with van der Waals surface area (Å²) in [5.74, 6) is -0.189. The first-order valence-corrected chi connectivity index (χ1v) is 8.31. The predicted octanol–water partition coefficient (Wildman–Crippen LogP) is 4.50. The Balaban J connectivity index is 3.09. The van der Waals surface area contributed by atoms with E-state index in [0.717, 1.165) is 24.9 Å². The van der Waals surface area contributed by atoms with Gasteiger partial charge in [0.2, 0.25) is 0 Å². The predicted molar refractivity (Wildman–Crippen MR) is 88.8 cm³/mol. The molecule has 0 saturated carbocycles. The van der Waals surface area contributed by atoms with Crippen LogP contribution < -0.4 is 5.73 Å². The molecule has 0 aliphatic rings. The molecule has 21 heavy (non-hydrogen) atoms. The highest BCUT2D eigenvalue weighted by Gasteiger charge is 2.28. The van der Waals surface area contributed by atoms with E-state index < -0.39 is 0 Å². The van der Waals surface area contributed by atoms with E-state index in [4.69, 9.17) is 5.73 Å². The molecular weight excluding hydrogens is 263 g/mol. The van der Waals surface area contributed by atoms with Gasteiger partial charge in [0.1, 0.15) is 5.82 Å². The lowest BCUT2D eigenvalue weighted by atomic mass is 9.94. The van der Waals surface area contributed by atoms with Gasteiger partial charge in [-0.1, -0.05) is 39.3 Å². The average Bonchev–Trinajstić information content (AvgIpc) is 2.51. The summed E-state index contributed by atoms with van der Waals surface area (Å²) in [6.45, 7) is 9.84. The zero-order chi connectivity index (χ0) is 15.8. The van der Waals surface area contributed by atoms with Crippen LogP contribution >= 0.6 is 0 Å². The van der Waals surface area contributed by atoms with Crippen LogP contribution in [0.15, 0.2) is 24.3 Å². The number of rotatable bonds is 9. The third-order valence-corrected chi connectivity index (χ3v) is 4.37. The number of nitrogens with zero attached hydrogens (tertiary/aromatic N) is 1. The maximum atomic E-state index is 13.2. The molecule has 0 aliphatic heterocycles. The average molecular weight is 294 g/mol. The second kappa shape index (κ2) is 9.16. The van der Waals surface area contributed by atoms with Crippen LogP contribution in [0.25, 0.3) is 0 Å². The number of benzene rings is 1. The van der Waals surface area contributed by atoms with Crippen molar-refractivity contribution >= 4 is 0 Å². The molecular formula is C18H31FN2. The fourth-order valence-electron chi connectivity index (χ4n) is 2.78. The summed E-state index contributed by atoms with van der Waals surface area (Å²) in [5.41, 5.74) is 7.54. The van der Waals surface area contributed by atoms with Crippen molar-refractivity contribution < 1.29 is 4.39 Å². The molecule has 1 aromatic carbocycles. The molecule has 3 atom stereocenters. The standard InChI is InChI=1S/C18H31FN2/c1-5-8-13-21(14(4)6-2)18(17(20)7-3)15-9-11-16(19)12-10-15/h9-12,14,17-18H,5-8,13,20H2,1-4H3. The van der Waals surface area contributed by atoms with Crippen molar-refractivity contribution in [2.45, 2.75) is 71.5 Å². The normalized spacial score (nSPS) is 16.0. The third kappa shape index (κ3) is 5.08. The topological polar surface area (TPSA) is 29.3 Å². The summed E-state index contributed by atoms with van der Waals surface area (Å²) >= 11 is 0. The Morgan fingerprint density at radius 3 is 2.19 bits per heavy atom. The van der Waals surface area contributed by atoms with Gasteiger partial charge >= 0.3 is 0 Å². The van der Waals surface area contributed by atoms with Gasteiger partial charge in [-0.2, -0.15) is 0 Å². The number of hydrogen-bond acceptors (Lipinski definition) is 2. The van der Waals surface area contributed by atoms with Gasteiger partial charge in [0.05, 0.1) is 6.04 Å². The van der Waals surface area contributed by atoms with E-state index in [9.17, 15) is 4.39 Å². The second-order valence-corrected chi connectivity index (χ2v) is 5.92. The number of halogens is 1. The van der Waals surface area contributed by atoms with Gasteiger partial charge in [-0.3, -0.25) is 4.90 Å².